The minimum absolute atomic E-state index is 0.152. The van der Waals surface area contributed by atoms with Crippen LogP contribution in [0, 0.1) is 0 Å². The summed E-state index contributed by atoms with van der Waals surface area (Å²) in [7, 11) is 1.94. The largest absolute Gasteiger partial charge is 0.460 e. The van der Waals surface area contributed by atoms with E-state index >= 15 is 0 Å². The number of rotatable bonds is 5. The fourth-order valence-corrected chi connectivity index (χ4v) is 1.01. The lowest BCUT2D eigenvalue weighted by atomic mass is 10.2. The molecule has 4 heteroatoms. The van der Waals surface area contributed by atoms with Crippen molar-refractivity contribution < 1.29 is 9.53 Å². The molecule has 0 fully saturated rings. The van der Waals surface area contributed by atoms with Crippen LogP contribution in [-0.2, 0) is 9.53 Å². The first-order valence-corrected chi connectivity index (χ1v) is 4.95. The summed E-state index contributed by atoms with van der Waals surface area (Å²) in [6, 6.07) is 0. The standard InChI is InChI=1S/C10H22N2O2/c1-10(2,3)14-9(13)5-7-12(4)8-6-11/h5-8,11H2,1-4H3. The molecule has 0 bridgehead atoms. The van der Waals surface area contributed by atoms with E-state index in [2.05, 4.69) is 0 Å². The van der Waals surface area contributed by atoms with Crippen molar-refractivity contribution in [2.75, 3.05) is 26.7 Å². The van der Waals surface area contributed by atoms with Gasteiger partial charge in [-0.25, -0.2) is 0 Å². The summed E-state index contributed by atoms with van der Waals surface area (Å²) in [6.07, 6.45) is 0.424. The fourth-order valence-electron chi connectivity index (χ4n) is 1.01. The highest BCUT2D eigenvalue weighted by Gasteiger charge is 2.16. The Morgan fingerprint density at radius 1 is 1.36 bits per heavy atom. The number of nitrogens with zero attached hydrogens (tertiary/aromatic N) is 1. The van der Waals surface area contributed by atoms with Crippen LogP contribution in [0.5, 0.6) is 0 Å². The van der Waals surface area contributed by atoms with Crippen molar-refractivity contribution in [3.8, 4) is 0 Å². The summed E-state index contributed by atoms with van der Waals surface area (Å²) < 4.78 is 5.17. The molecule has 0 rings (SSSR count). The highest BCUT2D eigenvalue weighted by Crippen LogP contribution is 2.08. The van der Waals surface area contributed by atoms with Crippen molar-refractivity contribution in [1.29, 1.82) is 0 Å². The molecular weight excluding hydrogens is 180 g/mol. The topological polar surface area (TPSA) is 55.6 Å². The normalized spacial score (nSPS) is 11.9. The van der Waals surface area contributed by atoms with Gasteiger partial charge in [-0.3, -0.25) is 4.79 Å². The van der Waals surface area contributed by atoms with Gasteiger partial charge >= 0.3 is 5.97 Å². The van der Waals surface area contributed by atoms with Crippen LogP contribution in [0.3, 0.4) is 0 Å². The number of esters is 1. The van der Waals surface area contributed by atoms with Crippen LogP contribution in [0.1, 0.15) is 27.2 Å². The van der Waals surface area contributed by atoms with E-state index in [1.165, 1.54) is 0 Å². The van der Waals surface area contributed by atoms with Crippen LogP contribution in [0.2, 0.25) is 0 Å². The minimum atomic E-state index is -0.385. The summed E-state index contributed by atoms with van der Waals surface area (Å²) in [6.45, 7) is 7.73. The average Bonchev–Trinajstić information content (AvgIpc) is 1.98. The molecule has 4 nitrogen and oxygen atoms in total. The van der Waals surface area contributed by atoms with E-state index in [9.17, 15) is 4.79 Å². The molecule has 14 heavy (non-hydrogen) atoms. The lowest BCUT2D eigenvalue weighted by Crippen LogP contribution is -2.30. The molecule has 0 radical (unpaired) electrons. The van der Waals surface area contributed by atoms with Gasteiger partial charge in [0.15, 0.2) is 0 Å². The van der Waals surface area contributed by atoms with Crippen LogP contribution < -0.4 is 5.73 Å². The highest BCUT2D eigenvalue weighted by molar-refractivity contribution is 5.70. The zero-order valence-corrected chi connectivity index (χ0v) is 9.67. The molecular formula is C10H22N2O2. The second kappa shape index (κ2) is 5.98. The molecule has 0 aromatic carbocycles. The Labute approximate surface area is 86.4 Å². The fraction of sp³-hybridized carbons (Fsp3) is 0.900. The number of ether oxygens (including phenoxy) is 1. The molecule has 0 saturated heterocycles. The van der Waals surface area contributed by atoms with Crippen molar-refractivity contribution in [3.05, 3.63) is 0 Å². The Morgan fingerprint density at radius 2 is 1.93 bits per heavy atom. The van der Waals surface area contributed by atoms with E-state index in [0.717, 1.165) is 6.54 Å². The number of nitrogens with two attached hydrogens (primary N) is 1. The Morgan fingerprint density at radius 3 is 2.36 bits per heavy atom. The summed E-state index contributed by atoms with van der Waals surface area (Å²) in [5.41, 5.74) is 4.99. The predicted molar refractivity (Wildman–Crippen MR) is 57.0 cm³/mol. The monoisotopic (exact) mass is 202 g/mol. The van der Waals surface area contributed by atoms with Crippen molar-refractivity contribution >= 4 is 5.97 Å². The molecule has 0 aliphatic carbocycles. The van der Waals surface area contributed by atoms with Gasteiger partial charge in [-0.05, 0) is 27.8 Å². The van der Waals surface area contributed by atoms with Crippen molar-refractivity contribution in [1.82, 2.24) is 4.90 Å². The van der Waals surface area contributed by atoms with E-state index < -0.39 is 0 Å². The Balaban J connectivity index is 3.64. The maximum absolute atomic E-state index is 11.3. The second-order valence-corrected chi connectivity index (χ2v) is 4.43. The predicted octanol–water partition coefficient (Wildman–Crippen LogP) is 0.609. The Kier molecular flexibility index (Phi) is 5.72. The van der Waals surface area contributed by atoms with Crippen LogP contribution >= 0.6 is 0 Å². The summed E-state index contributed by atoms with van der Waals surface area (Å²) >= 11 is 0. The van der Waals surface area contributed by atoms with Crippen LogP contribution in [-0.4, -0.2) is 43.2 Å². The van der Waals surface area contributed by atoms with Crippen molar-refractivity contribution in [2.24, 2.45) is 5.73 Å². The van der Waals surface area contributed by atoms with E-state index in [0.29, 0.717) is 19.5 Å². The number of carbonyl (C=O) groups is 1. The molecule has 0 amide bonds. The summed E-state index contributed by atoms with van der Waals surface area (Å²) in [5, 5.41) is 0. The van der Waals surface area contributed by atoms with Gasteiger partial charge in [0.1, 0.15) is 5.60 Å². The molecule has 0 saturated carbocycles. The van der Waals surface area contributed by atoms with Gasteiger partial charge in [-0.2, -0.15) is 0 Å². The maximum atomic E-state index is 11.3. The molecule has 84 valence electrons. The van der Waals surface area contributed by atoms with Gasteiger partial charge in [-0.15, -0.1) is 0 Å². The quantitative estimate of drug-likeness (QED) is 0.664. The van der Waals surface area contributed by atoms with Crippen LogP contribution in [0.25, 0.3) is 0 Å². The molecule has 0 spiro atoms. The maximum Gasteiger partial charge on any atom is 0.307 e. The molecule has 0 aliphatic rings. The lowest BCUT2D eigenvalue weighted by Gasteiger charge is -2.21. The van der Waals surface area contributed by atoms with E-state index in [1.807, 2.05) is 32.7 Å². The molecule has 0 atom stereocenters. The van der Waals surface area contributed by atoms with Gasteiger partial charge in [-0.1, -0.05) is 0 Å². The number of hydrogen-bond donors (Lipinski definition) is 1. The zero-order valence-electron chi connectivity index (χ0n) is 9.67. The first kappa shape index (κ1) is 13.4. The molecule has 0 aromatic rings. The summed E-state index contributed by atoms with van der Waals surface area (Å²) in [4.78, 5) is 13.3. The molecule has 0 heterocycles. The lowest BCUT2D eigenvalue weighted by molar-refractivity contribution is -0.155. The SMILES string of the molecule is CN(CCN)CCC(=O)OC(C)(C)C. The Hall–Kier alpha value is -0.610. The van der Waals surface area contributed by atoms with E-state index in [4.69, 9.17) is 10.5 Å². The van der Waals surface area contributed by atoms with Crippen LogP contribution in [0.4, 0.5) is 0 Å². The molecule has 2 N–H and O–H groups in total. The molecule has 0 aliphatic heterocycles. The number of carbonyl (C=O) groups excluding carboxylic acids is 1. The molecule has 0 aromatic heterocycles. The smallest absolute Gasteiger partial charge is 0.307 e. The van der Waals surface area contributed by atoms with E-state index in [-0.39, 0.29) is 11.6 Å². The van der Waals surface area contributed by atoms with Gasteiger partial charge < -0.3 is 15.4 Å². The average molecular weight is 202 g/mol. The minimum Gasteiger partial charge on any atom is -0.460 e. The highest BCUT2D eigenvalue weighted by atomic mass is 16.6. The second-order valence-electron chi connectivity index (χ2n) is 4.43. The first-order chi connectivity index (χ1) is 6.35. The Bertz CT molecular complexity index is 175. The van der Waals surface area contributed by atoms with E-state index in [1.54, 1.807) is 0 Å². The van der Waals surface area contributed by atoms with Gasteiger partial charge in [0.05, 0.1) is 6.42 Å². The molecule has 0 unspecified atom stereocenters. The van der Waals surface area contributed by atoms with Gasteiger partial charge in [0, 0.05) is 19.6 Å². The third-order valence-corrected chi connectivity index (χ3v) is 1.63. The summed E-state index contributed by atoms with van der Waals surface area (Å²) in [5.74, 6) is -0.152. The van der Waals surface area contributed by atoms with Crippen molar-refractivity contribution in [3.63, 3.8) is 0 Å². The first-order valence-electron chi connectivity index (χ1n) is 4.95. The van der Waals surface area contributed by atoms with Crippen molar-refractivity contribution in [2.45, 2.75) is 32.8 Å². The zero-order chi connectivity index (χ0) is 11.2. The van der Waals surface area contributed by atoms with Crippen LogP contribution in [0.15, 0.2) is 0 Å². The number of likely N-dealkylation sites (N-methyl/N-ethyl adjacent to an activating group) is 1. The van der Waals surface area contributed by atoms with Gasteiger partial charge in [0.25, 0.3) is 0 Å². The number of hydrogen-bond acceptors (Lipinski definition) is 4. The third-order valence-electron chi connectivity index (χ3n) is 1.63. The third kappa shape index (κ3) is 8.01. The van der Waals surface area contributed by atoms with Gasteiger partial charge in [0.2, 0.25) is 0 Å².